The summed E-state index contributed by atoms with van der Waals surface area (Å²) >= 11 is 0. The van der Waals surface area contributed by atoms with Gasteiger partial charge in [0.15, 0.2) is 0 Å². The predicted octanol–water partition coefficient (Wildman–Crippen LogP) is 1.34. The van der Waals surface area contributed by atoms with Crippen LogP contribution >= 0.6 is 12.4 Å². The van der Waals surface area contributed by atoms with Crippen LogP contribution < -0.4 is 5.32 Å². The summed E-state index contributed by atoms with van der Waals surface area (Å²) in [5.41, 5.74) is 0.464. The topological polar surface area (TPSA) is 86.8 Å². The van der Waals surface area contributed by atoms with E-state index >= 15 is 0 Å². The monoisotopic (exact) mass is 401 g/mol. The molecule has 0 spiro atoms. The Bertz CT molecular complexity index is 804. The highest BCUT2D eigenvalue weighted by Gasteiger charge is 2.40. The molecule has 0 saturated carbocycles. The van der Waals surface area contributed by atoms with Crippen molar-refractivity contribution in [2.75, 3.05) is 33.2 Å². The van der Waals surface area contributed by atoms with Crippen LogP contribution in [0.4, 0.5) is 0 Å². The van der Waals surface area contributed by atoms with Gasteiger partial charge in [-0.25, -0.2) is 12.7 Å². The van der Waals surface area contributed by atoms with Gasteiger partial charge < -0.3 is 10.2 Å². The molecule has 0 atom stereocenters. The van der Waals surface area contributed by atoms with Crippen molar-refractivity contribution >= 4 is 34.2 Å². The third-order valence-electron chi connectivity index (χ3n) is 4.94. The third kappa shape index (κ3) is 3.45. The first kappa shape index (κ1) is 20.7. The maximum absolute atomic E-state index is 12.7. The number of benzene rings is 1. The third-order valence-corrected chi connectivity index (χ3v) is 6.83. The lowest BCUT2D eigenvalue weighted by Crippen LogP contribution is -2.40. The largest absolute Gasteiger partial charge is 0.339 e. The lowest BCUT2D eigenvalue weighted by molar-refractivity contribution is 0.0690. The van der Waals surface area contributed by atoms with Gasteiger partial charge in [0.05, 0.1) is 5.56 Å². The van der Waals surface area contributed by atoms with Gasteiger partial charge in [0, 0.05) is 25.2 Å². The average Bonchev–Trinajstić information content (AvgIpc) is 2.80. The molecule has 0 radical (unpaired) electrons. The van der Waals surface area contributed by atoms with Crippen molar-refractivity contribution in [1.82, 2.24) is 14.5 Å². The highest BCUT2D eigenvalue weighted by atomic mass is 35.5. The van der Waals surface area contributed by atoms with E-state index in [9.17, 15) is 18.0 Å². The van der Waals surface area contributed by atoms with Gasteiger partial charge in [0.25, 0.3) is 21.8 Å². The minimum absolute atomic E-state index is 0. The van der Waals surface area contributed by atoms with Crippen LogP contribution in [0.3, 0.4) is 0 Å². The zero-order valence-corrected chi connectivity index (χ0v) is 16.5. The SMILES string of the molecule is CCN1C(=O)c2ccc(C(=O)N3CCC(CNC)CC3)cc2S1(=O)=O.Cl. The number of hydrogen-bond donors (Lipinski definition) is 1. The highest BCUT2D eigenvalue weighted by molar-refractivity contribution is 7.90. The van der Waals surface area contributed by atoms with E-state index in [1.807, 2.05) is 7.05 Å². The number of hydrogen-bond acceptors (Lipinski definition) is 5. The first-order chi connectivity index (χ1) is 11.9. The van der Waals surface area contributed by atoms with Crippen LogP contribution in [-0.2, 0) is 10.0 Å². The van der Waals surface area contributed by atoms with E-state index in [1.54, 1.807) is 17.9 Å². The molecule has 7 nitrogen and oxygen atoms in total. The molecular weight excluding hydrogens is 378 g/mol. The van der Waals surface area contributed by atoms with E-state index in [0.29, 0.717) is 24.6 Å². The summed E-state index contributed by atoms with van der Waals surface area (Å²) in [5.74, 6) is -0.141. The van der Waals surface area contributed by atoms with Crippen molar-refractivity contribution < 1.29 is 18.0 Å². The summed E-state index contributed by atoms with van der Waals surface area (Å²) in [5, 5.41) is 3.16. The van der Waals surface area contributed by atoms with Gasteiger partial charge in [-0.05, 0) is 57.5 Å². The summed E-state index contributed by atoms with van der Waals surface area (Å²) in [7, 11) is -1.92. The molecule has 0 aliphatic carbocycles. The van der Waals surface area contributed by atoms with Gasteiger partial charge >= 0.3 is 0 Å². The van der Waals surface area contributed by atoms with E-state index < -0.39 is 15.9 Å². The Morgan fingerprint density at radius 2 is 1.92 bits per heavy atom. The Balaban J connectivity index is 0.00000243. The Morgan fingerprint density at radius 3 is 2.50 bits per heavy atom. The second kappa shape index (κ2) is 7.94. The number of nitrogens with zero attached hydrogens (tertiary/aromatic N) is 2. The molecule has 0 unspecified atom stereocenters. The van der Waals surface area contributed by atoms with Crippen LogP contribution in [0.15, 0.2) is 23.1 Å². The fraction of sp³-hybridized carbons (Fsp3) is 0.529. The predicted molar refractivity (Wildman–Crippen MR) is 100 cm³/mol. The number of rotatable bonds is 4. The van der Waals surface area contributed by atoms with Crippen molar-refractivity contribution in [2.45, 2.75) is 24.7 Å². The number of amides is 2. The molecule has 2 heterocycles. The normalized spacial score (nSPS) is 19.2. The first-order valence-electron chi connectivity index (χ1n) is 8.55. The minimum atomic E-state index is -3.84. The molecule has 1 saturated heterocycles. The molecule has 0 bridgehead atoms. The zero-order chi connectivity index (χ0) is 18.2. The molecule has 0 aromatic heterocycles. The number of halogens is 1. The molecule has 1 fully saturated rings. The molecule has 26 heavy (non-hydrogen) atoms. The second-order valence-electron chi connectivity index (χ2n) is 6.48. The zero-order valence-electron chi connectivity index (χ0n) is 14.9. The van der Waals surface area contributed by atoms with Gasteiger partial charge in [-0.15, -0.1) is 12.4 Å². The number of carbonyl (C=O) groups is 2. The Labute approximate surface area is 160 Å². The van der Waals surface area contributed by atoms with Crippen molar-refractivity contribution in [2.24, 2.45) is 5.92 Å². The van der Waals surface area contributed by atoms with Crippen LogP contribution in [0.5, 0.6) is 0 Å². The van der Waals surface area contributed by atoms with E-state index in [0.717, 1.165) is 23.7 Å². The Kier molecular flexibility index (Phi) is 6.31. The number of nitrogens with one attached hydrogen (secondary N) is 1. The molecule has 2 aliphatic rings. The fourth-order valence-electron chi connectivity index (χ4n) is 3.53. The number of likely N-dealkylation sites (tertiary alicyclic amines) is 1. The van der Waals surface area contributed by atoms with Crippen molar-refractivity contribution in [1.29, 1.82) is 0 Å². The lowest BCUT2D eigenvalue weighted by Gasteiger charge is -2.32. The summed E-state index contributed by atoms with van der Waals surface area (Å²) in [6, 6.07) is 4.35. The molecule has 2 amide bonds. The van der Waals surface area contributed by atoms with Gasteiger partial charge in [-0.1, -0.05) is 0 Å². The quantitative estimate of drug-likeness (QED) is 0.822. The van der Waals surface area contributed by atoms with Crippen molar-refractivity contribution in [3.8, 4) is 0 Å². The molecular formula is C17H24ClN3O4S. The Morgan fingerprint density at radius 1 is 1.27 bits per heavy atom. The maximum atomic E-state index is 12.7. The number of sulfonamides is 1. The van der Waals surface area contributed by atoms with Crippen LogP contribution in [0.2, 0.25) is 0 Å². The van der Waals surface area contributed by atoms with Crippen LogP contribution in [0, 0.1) is 5.92 Å². The van der Waals surface area contributed by atoms with E-state index in [1.165, 1.54) is 12.1 Å². The smallest absolute Gasteiger partial charge is 0.268 e. The van der Waals surface area contributed by atoms with Gasteiger partial charge in [-0.2, -0.15) is 0 Å². The molecule has 1 N–H and O–H groups in total. The van der Waals surface area contributed by atoms with Crippen molar-refractivity contribution in [3.63, 3.8) is 0 Å². The number of fused-ring (bicyclic) bond motifs is 1. The molecule has 1 aromatic rings. The molecule has 3 rings (SSSR count). The van der Waals surface area contributed by atoms with E-state index in [2.05, 4.69) is 5.32 Å². The minimum Gasteiger partial charge on any atom is -0.339 e. The standard InChI is InChI=1S/C17H23N3O4S.ClH/c1-3-20-17(22)14-5-4-13(10-15(14)25(20,23)24)16(21)19-8-6-12(7-9-19)11-18-2;/h4-5,10,12,18H,3,6-9,11H2,1-2H3;1H. The van der Waals surface area contributed by atoms with Crippen LogP contribution in [0.1, 0.15) is 40.5 Å². The molecule has 1 aromatic carbocycles. The van der Waals surface area contributed by atoms with E-state index in [4.69, 9.17) is 0 Å². The summed E-state index contributed by atoms with van der Waals surface area (Å²) in [4.78, 5) is 26.6. The molecule has 144 valence electrons. The van der Waals surface area contributed by atoms with E-state index in [-0.39, 0.29) is 35.3 Å². The first-order valence-corrected chi connectivity index (χ1v) is 9.99. The van der Waals surface area contributed by atoms with Gasteiger partial charge in [0.1, 0.15) is 4.90 Å². The second-order valence-corrected chi connectivity index (χ2v) is 8.31. The van der Waals surface area contributed by atoms with Crippen LogP contribution in [0.25, 0.3) is 0 Å². The molecule has 2 aliphatic heterocycles. The lowest BCUT2D eigenvalue weighted by atomic mass is 9.96. The average molecular weight is 402 g/mol. The van der Waals surface area contributed by atoms with Crippen molar-refractivity contribution in [3.05, 3.63) is 29.3 Å². The molecule has 9 heteroatoms. The fourth-order valence-corrected chi connectivity index (χ4v) is 5.14. The van der Waals surface area contributed by atoms with Crippen LogP contribution in [-0.4, -0.2) is 62.7 Å². The maximum Gasteiger partial charge on any atom is 0.268 e. The summed E-state index contributed by atoms with van der Waals surface area (Å²) in [6.45, 7) is 3.96. The van der Waals surface area contributed by atoms with Gasteiger partial charge in [0.2, 0.25) is 0 Å². The van der Waals surface area contributed by atoms with Gasteiger partial charge in [-0.3, -0.25) is 9.59 Å². The summed E-state index contributed by atoms with van der Waals surface area (Å²) < 4.78 is 25.8. The number of piperidine rings is 1. The number of carbonyl (C=O) groups excluding carboxylic acids is 2. The Hall–Kier alpha value is -1.64. The highest BCUT2D eigenvalue weighted by Crippen LogP contribution is 2.31. The summed E-state index contributed by atoms with van der Waals surface area (Å²) in [6.07, 6.45) is 1.86.